The Balaban J connectivity index is 1.93. The van der Waals surface area contributed by atoms with E-state index in [-0.39, 0.29) is 4.94 Å². The molecule has 2 heterocycles. The third kappa shape index (κ3) is 2.65. The van der Waals surface area contributed by atoms with Gasteiger partial charge in [-0.2, -0.15) is 0 Å². The molecule has 1 aliphatic heterocycles. The van der Waals surface area contributed by atoms with Crippen LogP contribution < -0.4 is 15.0 Å². The van der Waals surface area contributed by atoms with E-state index in [9.17, 15) is 4.79 Å². The lowest BCUT2D eigenvalue weighted by Gasteiger charge is -2.27. The highest BCUT2D eigenvalue weighted by Gasteiger charge is 2.15. The molecule has 19 heavy (non-hydrogen) atoms. The lowest BCUT2D eigenvalue weighted by Crippen LogP contribution is -2.42. The Morgan fingerprint density at radius 1 is 1.42 bits per heavy atom. The molecule has 5 nitrogen and oxygen atoms in total. The molecule has 1 N–H and O–H groups in total. The van der Waals surface area contributed by atoms with E-state index in [1.54, 1.807) is 7.11 Å². The summed E-state index contributed by atoms with van der Waals surface area (Å²) in [6.07, 6.45) is 0. The number of hydrogen-bond acceptors (Lipinski definition) is 6. The molecule has 1 aromatic heterocycles. The molecular formula is C13H16N2O3S. The standard InChI is InChI=1S/C13H16N2O3S/c1-17-10-7-12-11(18-13(16)19-12)6-9(10)8-15-4-2-14-3-5-15/h6-7,14H,2-5,8H2,1H3. The number of fused-ring (bicyclic) bond motifs is 1. The van der Waals surface area contributed by atoms with Crippen LogP contribution in [0.2, 0.25) is 0 Å². The van der Waals surface area contributed by atoms with Gasteiger partial charge >= 0.3 is 4.94 Å². The highest BCUT2D eigenvalue weighted by Crippen LogP contribution is 2.28. The van der Waals surface area contributed by atoms with E-state index >= 15 is 0 Å². The maximum Gasteiger partial charge on any atom is 0.396 e. The van der Waals surface area contributed by atoms with Crippen molar-refractivity contribution < 1.29 is 9.15 Å². The molecule has 1 fully saturated rings. The summed E-state index contributed by atoms with van der Waals surface area (Å²) in [5.41, 5.74) is 1.72. The third-order valence-electron chi connectivity index (χ3n) is 3.34. The van der Waals surface area contributed by atoms with Gasteiger partial charge in [-0.15, -0.1) is 0 Å². The van der Waals surface area contributed by atoms with E-state index in [1.165, 1.54) is 0 Å². The zero-order valence-electron chi connectivity index (χ0n) is 10.8. The van der Waals surface area contributed by atoms with Gasteiger partial charge in [-0.05, 0) is 6.07 Å². The van der Waals surface area contributed by atoms with Gasteiger partial charge in [0.15, 0.2) is 0 Å². The summed E-state index contributed by atoms with van der Waals surface area (Å²) >= 11 is 1.11. The van der Waals surface area contributed by atoms with Crippen LogP contribution in [-0.4, -0.2) is 38.2 Å². The minimum absolute atomic E-state index is 0.267. The zero-order valence-corrected chi connectivity index (χ0v) is 11.6. The van der Waals surface area contributed by atoms with E-state index in [0.717, 1.165) is 60.1 Å². The monoisotopic (exact) mass is 280 g/mol. The fraction of sp³-hybridized carbons (Fsp3) is 0.462. The summed E-state index contributed by atoms with van der Waals surface area (Å²) < 4.78 is 11.4. The Morgan fingerprint density at radius 3 is 2.95 bits per heavy atom. The fourth-order valence-electron chi connectivity index (χ4n) is 2.37. The number of nitrogens with zero attached hydrogens (tertiary/aromatic N) is 1. The Hall–Kier alpha value is -1.37. The number of piperazine rings is 1. The first-order chi connectivity index (χ1) is 9.26. The number of rotatable bonds is 3. The normalized spacial score (nSPS) is 16.9. The molecule has 102 valence electrons. The maximum absolute atomic E-state index is 11.3. The zero-order chi connectivity index (χ0) is 13.2. The Morgan fingerprint density at radius 2 is 2.21 bits per heavy atom. The molecule has 0 saturated carbocycles. The van der Waals surface area contributed by atoms with Crippen molar-refractivity contribution in [3.8, 4) is 5.75 Å². The van der Waals surface area contributed by atoms with Gasteiger partial charge in [-0.1, -0.05) is 11.3 Å². The molecule has 0 spiro atoms. The number of hydrogen-bond donors (Lipinski definition) is 1. The van der Waals surface area contributed by atoms with Gasteiger partial charge in [0, 0.05) is 44.4 Å². The number of methoxy groups -OCH3 is 1. The van der Waals surface area contributed by atoms with E-state index in [2.05, 4.69) is 10.2 Å². The topological polar surface area (TPSA) is 54.7 Å². The molecule has 0 radical (unpaired) electrons. The Labute approximate surface area is 114 Å². The van der Waals surface area contributed by atoms with Crippen molar-refractivity contribution >= 4 is 21.6 Å². The van der Waals surface area contributed by atoms with Crippen molar-refractivity contribution in [2.75, 3.05) is 33.3 Å². The molecule has 0 bridgehead atoms. The van der Waals surface area contributed by atoms with E-state index < -0.39 is 0 Å². The highest BCUT2D eigenvalue weighted by molar-refractivity contribution is 7.16. The smallest absolute Gasteiger partial charge is 0.396 e. The average Bonchev–Trinajstić information content (AvgIpc) is 2.78. The molecule has 1 aliphatic rings. The molecular weight excluding hydrogens is 264 g/mol. The molecule has 0 aliphatic carbocycles. The number of ether oxygens (including phenoxy) is 1. The first-order valence-electron chi connectivity index (χ1n) is 6.30. The van der Waals surface area contributed by atoms with E-state index in [4.69, 9.17) is 9.15 Å². The second-order valence-electron chi connectivity index (χ2n) is 4.59. The van der Waals surface area contributed by atoms with Gasteiger partial charge in [-0.3, -0.25) is 4.90 Å². The molecule has 0 unspecified atom stereocenters. The minimum Gasteiger partial charge on any atom is -0.496 e. The van der Waals surface area contributed by atoms with Gasteiger partial charge in [0.1, 0.15) is 11.3 Å². The Kier molecular flexibility index (Phi) is 3.54. The SMILES string of the molecule is COc1cc2sc(=O)oc2cc1CN1CCNCC1. The van der Waals surface area contributed by atoms with Crippen molar-refractivity contribution in [1.29, 1.82) is 0 Å². The second-order valence-corrected chi connectivity index (χ2v) is 5.57. The summed E-state index contributed by atoms with van der Waals surface area (Å²) in [7, 11) is 1.66. The van der Waals surface area contributed by atoms with Gasteiger partial charge in [0.05, 0.1) is 11.8 Å². The predicted octanol–water partition coefficient (Wildman–Crippen LogP) is 1.27. The molecule has 2 aromatic rings. The lowest BCUT2D eigenvalue weighted by molar-refractivity contribution is 0.230. The minimum atomic E-state index is -0.267. The van der Waals surface area contributed by atoms with Crippen LogP contribution in [-0.2, 0) is 6.54 Å². The lowest BCUT2D eigenvalue weighted by atomic mass is 10.1. The summed E-state index contributed by atoms with van der Waals surface area (Å²) in [6.45, 7) is 4.89. The van der Waals surface area contributed by atoms with Gasteiger partial charge in [0.2, 0.25) is 0 Å². The molecule has 6 heteroatoms. The van der Waals surface area contributed by atoms with Crippen molar-refractivity contribution in [3.05, 3.63) is 27.4 Å². The first-order valence-corrected chi connectivity index (χ1v) is 7.11. The summed E-state index contributed by atoms with van der Waals surface area (Å²) in [4.78, 5) is 13.4. The van der Waals surface area contributed by atoms with Crippen LogP contribution in [0, 0.1) is 0 Å². The van der Waals surface area contributed by atoms with Crippen LogP contribution in [0.3, 0.4) is 0 Å². The van der Waals surface area contributed by atoms with Gasteiger partial charge < -0.3 is 14.5 Å². The quantitative estimate of drug-likeness (QED) is 0.917. The number of nitrogens with one attached hydrogen (secondary N) is 1. The molecule has 0 amide bonds. The van der Waals surface area contributed by atoms with Crippen LogP contribution >= 0.6 is 11.3 Å². The molecule has 3 rings (SSSR count). The maximum atomic E-state index is 11.3. The van der Waals surface area contributed by atoms with Crippen molar-refractivity contribution in [1.82, 2.24) is 10.2 Å². The largest absolute Gasteiger partial charge is 0.496 e. The summed E-state index contributed by atoms with van der Waals surface area (Å²) in [5, 5.41) is 3.33. The van der Waals surface area contributed by atoms with Crippen molar-refractivity contribution in [2.24, 2.45) is 0 Å². The number of benzene rings is 1. The van der Waals surface area contributed by atoms with Crippen molar-refractivity contribution in [2.45, 2.75) is 6.54 Å². The predicted molar refractivity (Wildman–Crippen MR) is 75.1 cm³/mol. The van der Waals surface area contributed by atoms with E-state index in [1.807, 2.05) is 12.1 Å². The van der Waals surface area contributed by atoms with Crippen LogP contribution in [0.4, 0.5) is 0 Å². The van der Waals surface area contributed by atoms with Crippen LogP contribution in [0.5, 0.6) is 5.75 Å². The summed E-state index contributed by atoms with van der Waals surface area (Å²) in [5.74, 6) is 0.822. The average molecular weight is 280 g/mol. The van der Waals surface area contributed by atoms with Crippen LogP contribution in [0.25, 0.3) is 10.3 Å². The van der Waals surface area contributed by atoms with Crippen LogP contribution in [0.15, 0.2) is 21.3 Å². The van der Waals surface area contributed by atoms with Crippen molar-refractivity contribution in [3.63, 3.8) is 0 Å². The van der Waals surface area contributed by atoms with Gasteiger partial charge in [-0.25, -0.2) is 4.79 Å². The first kappa shape index (κ1) is 12.7. The Bertz CT molecular complexity index is 628. The highest BCUT2D eigenvalue weighted by atomic mass is 32.1. The molecule has 1 saturated heterocycles. The fourth-order valence-corrected chi connectivity index (χ4v) is 3.05. The molecule has 0 atom stereocenters. The molecule has 1 aromatic carbocycles. The second kappa shape index (κ2) is 5.32. The third-order valence-corrected chi connectivity index (χ3v) is 4.13. The summed E-state index contributed by atoms with van der Waals surface area (Å²) in [6, 6.07) is 3.82. The van der Waals surface area contributed by atoms with Gasteiger partial charge in [0.25, 0.3) is 0 Å². The van der Waals surface area contributed by atoms with Crippen LogP contribution in [0.1, 0.15) is 5.56 Å². The van der Waals surface area contributed by atoms with E-state index in [0.29, 0.717) is 5.58 Å².